The highest BCUT2D eigenvalue weighted by atomic mass is 32.2. The van der Waals surface area contributed by atoms with E-state index in [2.05, 4.69) is 43.8 Å². The van der Waals surface area contributed by atoms with Crippen LogP contribution in [0.25, 0.3) is 22.2 Å². The number of ketones is 1. The van der Waals surface area contributed by atoms with Crippen LogP contribution >= 0.6 is 0 Å². The number of nitrogens with zero attached hydrogens (tertiary/aromatic N) is 6. The Morgan fingerprint density at radius 3 is 2.22 bits per heavy atom. The van der Waals surface area contributed by atoms with Gasteiger partial charge in [-0.05, 0) is 99.5 Å². The Morgan fingerprint density at radius 2 is 1.52 bits per heavy atom. The number of amides is 4. The SMILES string of the molecule is C[C@@H]1CN(c2ccc3c(c2)C(=O)N(C2CCC(=O)NC2=O)C3=O)C[C@H](C)N1CC1CCN(c2ccc(-c3cnc4[nH]cc(C(=O)c5c(F)ccc(NS(=O)(=O)N6CC[C@@H](F)C6)c5F)c4c3)cc2)CC1. The molecular formula is C49H50F3N9O7S. The summed E-state index contributed by atoms with van der Waals surface area (Å²) >= 11 is 0. The fourth-order valence-electron chi connectivity index (χ4n) is 10.6. The van der Waals surface area contributed by atoms with E-state index in [0.29, 0.717) is 22.5 Å². The summed E-state index contributed by atoms with van der Waals surface area (Å²) in [5.74, 6) is -5.18. The molecule has 3 aromatic carbocycles. The molecule has 4 atom stereocenters. The van der Waals surface area contributed by atoms with Gasteiger partial charge >= 0.3 is 10.2 Å². The normalized spacial score (nSPS) is 23.0. The van der Waals surface area contributed by atoms with Gasteiger partial charge in [0, 0.05) is 105 Å². The molecule has 4 fully saturated rings. The fraction of sp³-hybridized carbons (Fsp3) is 0.388. The summed E-state index contributed by atoms with van der Waals surface area (Å²) in [4.78, 5) is 80.3. The van der Waals surface area contributed by atoms with Crippen LogP contribution in [0.2, 0.25) is 0 Å². The molecule has 0 saturated carbocycles. The summed E-state index contributed by atoms with van der Waals surface area (Å²) < 4.78 is 73.2. The number of benzene rings is 3. The molecule has 69 heavy (non-hydrogen) atoms. The summed E-state index contributed by atoms with van der Waals surface area (Å²) in [6.45, 7) is 8.09. The number of piperazine rings is 1. The number of nitrogens with one attached hydrogen (secondary N) is 3. The average molecular weight is 966 g/mol. The molecule has 20 heteroatoms. The van der Waals surface area contributed by atoms with Crippen LogP contribution in [-0.4, -0.2) is 132 Å². The number of H-pyrrole nitrogens is 1. The lowest BCUT2D eigenvalue weighted by molar-refractivity contribution is -0.136. The standard InChI is InChI=1S/C49H50F3N9O7S/c1-27-23-58(34-7-8-35-37(20-34)49(66)61(48(35)65)41-11-12-42(62)55-47(41)64)24-28(2)60(27)25-29-13-16-57(17-14-29)33-5-3-30(4-6-33)31-19-36-38(22-54-46(36)53-21-31)45(63)43-39(51)9-10-40(44(43)52)56-69(67,68)59-18-15-32(50)26-59/h3-10,19-22,27-29,32,41,56H,11-18,23-26H2,1-2H3,(H,53,54)(H,55,62,64)/t27-,28+,32-,41?/m1/s1. The number of rotatable bonds is 11. The zero-order chi connectivity index (χ0) is 48.5. The first-order valence-corrected chi connectivity index (χ1v) is 24.6. The number of imide groups is 2. The van der Waals surface area contributed by atoms with E-state index in [1.54, 1.807) is 24.4 Å². The number of halogens is 3. The van der Waals surface area contributed by atoms with Crippen molar-refractivity contribution in [2.45, 2.75) is 70.2 Å². The number of pyridine rings is 1. The molecule has 0 bridgehead atoms. The molecule has 7 heterocycles. The first kappa shape index (κ1) is 46.1. The van der Waals surface area contributed by atoms with Gasteiger partial charge in [0.1, 0.15) is 23.7 Å². The molecule has 1 unspecified atom stereocenters. The van der Waals surface area contributed by atoms with Crippen LogP contribution in [0.5, 0.6) is 0 Å². The van der Waals surface area contributed by atoms with Crippen LogP contribution in [0.1, 0.15) is 82.6 Å². The monoisotopic (exact) mass is 965 g/mol. The number of alkyl halides is 1. The molecule has 0 radical (unpaired) electrons. The number of anilines is 3. The lowest BCUT2D eigenvalue weighted by Gasteiger charge is -2.47. The largest absolute Gasteiger partial charge is 0.372 e. The lowest BCUT2D eigenvalue weighted by atomic mass is 9.93. The van der Waals surface area contributed by atoms with Crippen LogP contribution in [0.15, 0.2) is 73.1 Å². The van der Waals surface area contributed by atoms with E-state index in [4.69, 9.17) is 0 Å². The van der Waals surface area contributed by atoms with Gasteiger partial charge in [-0.1, -0.05) is 12.1 Å². The fourth-order valence-corrected chi connectivity index (χ4v) is 11.8. The Labute approximate surface area is 396 Å². The third-order valence-electron chi connectivity index (χ3n) is 14.3. The smallest absolute Gasteiger partial charge is 0.301 e. The highest BCUT2D eigenvalue weighted by Gasteiger charge is 2.45. The summed E-state index contributed by atoms with van der Waals surface area (Å²) in [7, 11) is -4.37. The molecule has 0 spiro atoms. The molecular weight excluding hydrogens is 916 g/mol. The van der Waals surface area contributed by atoms with Crippen LogP contribution in [0.3, 0.4) is 0 Å². The first-order chi connectivity index (χ1) is 33.0. The number of carbonyl (C=O) groups excluding carboxylic acids is 5. The second kappa shape index (κ2) is 18.0. The van der Waals surface area contributed by atoms with Crippen molar-refractivity contribution in [2.24, 2.45) is 5.92 Å². The maximum absolute atomic E-state index is 15.8. The first-order valence-electron chi connectivity index (χ1n) is 23.2. The number of piperidine rings is 2. The average Bonchev–Trinajstić information content (AvgIpc) is 4.04. The molecule has 4 amide bonds. The maximum Gasteiger partial charge on any atom is 0.301 e. The van der Waals surface area contributed by atoms with Gasteiger partial charge in [-0.2, -0.15) is 12.7 Å². The molecule has 4 saturated heterocycles. The van der Waals surface area contributed by atoms with Crippen LogP contribution < -0.4 is 19.8 Å². The number of hydrogen-bond acceptors (Lipinski definition) is 11. The van der Waals surface area contributed by atoms with Crippen LogP contribution in [0, 0.1) is 17.6 Å². The van der Waals surface area contributed by atoms with E-state index in [9.17, 15) is 36.8 Å². The van der Waals surface area contributed by atoms with Crippen molar-refractivity contribution in [3.8, 4) is 11.1 Å². The second-order valence-corrected chi connectivity index (χ2v) is 20.4. The Bertz CT molecular complexity index is 3020. The highest BCUT2D eigenvalue weighted by molar-refractivity contribution is 7.90. The summed E-state index contributed by atoms with van der Waals surface area (Å²) in [6, 6.07) is 16.1. The Morgan fingerprint density at radius 1 is 0.812 bits per heavy atom. The van der Waals surface area contributed by atoms with E-state index in [0.717, 1.165) is 83.8 Å². The molecule has 2 aromatic heterocycles. The van der Waals surface area contributed by atoms with E-state index in [1.807, 2.05) is 35.1 Å². The molecule has 0 aliphatic carbocycles. The predicted octanol–water partition coefficient (Wildman–Crippen LogP) is 5.66. The summed E-state index contributed by atoms with van der Waals surface area (Å²) in [5, 5.41) is 2.56. The molecule has 5 aromatic rings. The predicted molar refractivity (Wildman–Crippen MR) is 251 cm³/mol. The lowest BCUT2D eigenvalue weighted by Crippen LogP contribution is -2.58. The van der Waals surface area contributed by atoms with Gasteiger partial charge in [0.25, 0.3) is 11.8 Å². The second-order valence-electron chi connectivity index (χ2n) is 18.7. The Balaban J connectivity index is 0.753. The van der Waals surface area contributed by atoms with Crippen molar-refractivity contribution in [2.75, 3.05) is 60.3 Å². The van der Waals surface area contributed by atoms with Crippen LogP contribution in [0.4, 0.5) is 30.2 Å². The van der Waals surface area contributed by atoms with Gasteiger partial charge in [-0.3, -0.25) is 43.8 Å². The number of aromatic amines is 1. The van der Waals surface area contributed by atoms with Gasteiger partial charge in [0.15, 0.2) is 5.82 Å². The zero-order valence-electron chi connectivity index (χ0n) is 37.9. The van der Waals surface area contributed by atoms with E-state index < -0.39 is 81.3 Å². The maximum atomic E-state index is 15.8. The number of hydrogen-bond donors (Lipinski definition) is 3. The summed E-state index contributed by atoms with van der Waals surface area (Å²) in [6.07, 6.45) is 3.77. The topological polar surface area (TPSA) is 188 Å². The van der Waals surface area contributed by atoms with Crippen molar-refractivity contribution >= 4 is 67.7 Å². The van der Waals surface area contributed by atoms with Gasteiger partial charge in [-0.15, -0.1) is 0 Å². The van der Waals surface area contributed by atoms with Gasteiger partial charge in [0.05, 0.1) is 22.4 Å². The Hall–Kier alpha value is -6.64. The zero-order valence-corrected chi connectivity index (χ0v) is 38.7. The molecule has 10 rings (SSSR count). The molecule has 5 aliphatic heterocycles. The van der Waals surface area contributed by atoms with Crippen molar-refractivity contribution < 1.29 is 45.6 Å². The minimum atomic E-state index is -4.37. The molecule has 5 aliphatic rings. The molecule has 16 nitrogen and oxygen atoms in total. The van der Waals surface area contributed by atoms with Gasteiger partial charge < -0.3 is 14.8 Å². The van der Waals surface area contributed by atoms with Crippen molar-refractivity contribution in [3.05, 3.63) is 107 Å². The quantitative estimate of drug-likeness (QED) is 0.110. The molecule has 3 N–H and O–H groups in total. The van der Waals surface area contributed by atoms with Crippen molar-refractivity contribution in [1.82, 2.24) is 29.4 Å². The minimum Gasteiger partial charge on any atom is -0.372 e. The van der Waals surface area contributed by atoms with E-state index in [1.165, 1.54) is 6.20 Å². The third kappa shape index (κ3) is 8.62. The minimum absolute atomic E-state index is 0.00324. The van der Waals surface area contributed by atoms with E-state index in [-0.39, 0.29) is 54.6 Å². The number of fused-ring (bicyclic) bond motifs is 2. The van der Waals surface area contributed by atoms with Crippen molar-refractivity contribution in [1.29, 1.82) is 0 Å². The number of carbonyl (C=O) groups is 5. The highest BCUT2D eigenvalue weighted by Crippen LogP contribution is 2.35. The summed E-state index contributed by atoms with van der Waals surface area (Å²) in [5.41, 5.74) is 2.59. The van der Waals surface area contributed by atoms with E-state index >= 15 is 8.78 Å². The Kier molecular flexibility index (Phi) is 12.0. The number of aromatic nitrogens is 2. The van der Waals surface area contributed by atoms with Gasteiger partial charge in [-0.25, -0.2) is 18.2 Å². The third-order valence-corrected chi connectivity index (χ3v) is 15.8. The molecule has 360 valence electrons. The van der Waals surface area contributed by atoms with Crippen LogP contribution in [-0.2, 0) is 19.8 Å². The van der Waals surface area contributed by atoms with Crippen molar-refractivity contribution in [3.63, 3.8) is 0 Å². The van der Waals surface area contributed by atoms with Gasteiger partial charge in [0.2, 0.25) is 17.6 Å².